The maximum atomic E-state index is 13.2. The Hall–Kier alpha value is -2.04. The quantitative estimate of drug-likeness (QED) is 0.879. The summed E-state index contributed by atoms with van der Waals surface area (Å²) in [6, 6.07) is 5.58. The summed E-state index contributed by atoms with van der Waals surface area (Å²) in [4.78, 5) is 0. The standard InChI is InChI=1S/C13H16FN3O/c1-8-6-13(16-17(8)3)15-9(2)11-7-10(14)4-5-12(11)18/h4-7,9,18H,1-3H3,(H,15,16). The lowest BCUT2D eigenvalue weighted by molar-refractivity contribution is 0.462. The minimum Gasteiger partial charge on any atom is -0.508 e. The van der Waals surface area contributed by atoms with Gasteiger partial charge in [-0.15, -0.1) is 0 Å². The number of anilines is 1. The zero-order valence-electron chi connectivity index (χ0n) is 10.6. The Morgan fingerprint density at radius 3 is 2.72 bits per heavy atom. The molecule has 0 aliphatic carbocycles. The summed E-state index contributed by atoms with van der Waals surface area (Å²) in [5, 5.41) is 17.1. The van der Waals surface area contributed by atoms with E-state index in [0.29, 0.717) is 11.4 Å². The number of hydrogen-bond acceptors (Lipinski definition) is 3. The van der Waals surface area contributed by atoms with Crippen molar-refractivity contribution in [3.63, 3.8) is 0 Å². The third-order valence-electron chi connectivity index (χ3n) is 2.93. The molecule has 0 aliphatic heterocycles. The summed E-state index contributed by atoms with van der Waals surface area (Å²) in [5.41, 5.74) is 1.53. The molecule has 0 bridgehead atoms. The molecule has 0 fully saturated rings. The van der Waals surface area contributed by atoms with Gasteiger partial charge in [-0.25, -0.2) is 4.39 Å². The first kappa shape index (κ1) is 12.4. The molecule has 1 atom stereocenters. The summed E-state index contributed by atoms with van der Waals surface area (Å²) in [6.45, 7) is 3.79. The van der Waals surface area contributed by atoms with Crippen molar-refractivity contribution < 1.29 is 9.50 Å². The van der Waals surface area contributed by atoms with Crippen LogP contribution in [0.2, 0.25) is 0 Å². The zero-order chi connectivity index (χ0) is 13.3. The molecule has 0 saturated heterocycles. The SMILES string of the molecule is Cc1cc(NC(C)c2cc(F)ccc2O)nn1C. The summed E-state index contributed by atoms with van der Waals surface area (Å²) in [7, 11) is 1.85. The molecule has 0 amide bonds. The third kappa shape index (κ3) is 2.45. The molecule has 0 saturated carbocycles. The smallest absolute Gasteiger partial charge is 0.148 e. The lowest BCUT2D eigenvalue weighted by Crippen LogP contribution is -2.08. The van der Waals surface area contributed by atoms with Crippen molar-refractivity contribution in [2.75, 3.05) is 5.32 Å². The highest BCUT2D eigenvalue weighted by molar-refractivity contribution is 5.43. The van der Waals surface area contributed by atoms with Gasteiger partial charge in [0.25, 0.3) is 0 Å². The molecule has 4 nitrogen and oxygen atoms in total. The molecule has 0 spiro atoms. The van der Waals surface area contributed by atoms with E-state index in [0.717, 1.165) is 5.69 Å². The maximum Gasteiger partial charge on any atom is 0.148 e. The highest BCUT2D eigenvalue weighted by Gasteiger charge is 2.13. The highest BCUT2D eigenvalue weighted by atomic mass is 19.1. The first-order valence-electron chi connectivity index (χ1n) is 5.73. The molecular formula is C13H16FN3O. The van der Waals surface area contributed by atoms with E-state index in [-0.39, 0.29) is 17.6 Å². The number of aromatic nitrogens is 2. The van der Waals surface area contributed by atoms with E-state index < -0.39 is 0 Å². The van der Waals surface area contributed by atoms with Gasteiger partial charge in [-0.2, -0.15) is 5.10 Å². The van der Waals surface area contributed by atoms with Crippen LogP contribution in [0.4, 0.5) is 10.2 Å². The molecule has 0 aliphatic rings. The van der Waals surface area contributed by atoms with Crippen LogP contribution >= 0.6 is 0 Å². The van der Waals surface area contributed by atoms with E-state index in [1.54, 1.807) is 4.68 Å². The summed E-state index contributed by atoms with van der Waals surface area (Å²) in [5.74, 6) is 0.406. The van der Waals surface area contributed by atoms with Crippen LogP contribution in [0.25, 0.3) is 0 Å². The predicted octanol–water partition coefficient (Wildman–Crippen LogP) is 2.75. The fraction of sp³-hybridized carbons (Fsp3) is 0.308. The normalized spacial score (nSPS) is 12.4. The fourth-order valence-electron chi connectivity index (χ4n) is 1.80. The number of phenols is 1. The molecule has 2 aromatic rings. The minimum absolute atomic E-state index is 0.0732. The average molecular weight is 249 g/mol. The van der Waals surface area contributed by atoms with Crippen LogP contribution in [-0.2, 0) is 7.05 Å². The molecule has 18 heavy (non-hydrogen) atoms. The Kier molecular flexibility index (Phi) is 3.23. The number of nitrogens with one attached hydrogen (secondary N) is 1. The second kappa shape index (κ2) is 4.68. The van der Waals surface area contributed by atoms with Gasteiger partial charge in [0, 0.05) is 24.4 Å². The molecule has 96 valence electrons. The van der Waals surface area contributed by atoms with Gasteiger partial charge >= 0.3 is 0 Å². The van der Waals surface area contributed by atoms with Crippen LogP contribution in [0.15, 0.2) is 24.3 Å². The first-order chi connectivity index (χ1) is 8.47. The summed E-state index contributed by atoms with van der Waals surface area (Å²) in [6.07, 6.45) is 0. The lowest BCUT2D eigenvalue weighted by Gasteiger charge is -2.15. The van der Waals surface area contributed by atoms with Crippen LogP contribution in [-0.4, -0.2) is 14.9 Å². The fourth-order valence-corrected chi connectivity index (χ4v) is 1.80. The largest absolute Gasteiger partial charge is 0.508 e. The molecule has 2 N–H and O–H groups in total. The van der Waals surface area contributed by atoms with Gasteiger partial charge < -0.3 is 10.4 Å². The van der Waals surface area contributed by atoms with E-state index in [1.165, 1.54) is 18.2 Å². The molecule has 1 unspecified atom stereocenters. The second-order valence-electron chi connectivity index (χ2n) is 4.36. The van der Waals surface area contributed by atoms with Gasteiger partial charge in [0.1, 0.15) is 17.4 Å². The molecule has 5 heteroatoms. The van der Waals surface area contributed by atoms with E-state index in [2.05, 4.69) is 10.4 Å². The summed E-state index contributed by atoms with van der Waals surface area (Å²) >= 11 is 0. The number of benzene rings is 1. The highest BCUT2D eigenvalue weighted by Crippen LogP contribution is 2.27. The molecule has 1 aromatic heterocycles. The monoisotopic (exact) mass is 249 g/mol. The number of hydrogen-bond donors (Lipinski definition) is 2. The van der Waals surface area contributed by atoms with Gasteiger partial charge in [0.2, 0.25) is 0 Å². The topological polar surface area (TPSA) is 50.1 Å². The molecule has 0 radical (unpaired) electrons. The van der Waals surface area contributed by atoms with Crippen molar-refractivity contribution in [2.45, 2.75) is 19.9 Å². The Morgan fingerprint density at radius 1 is 1.39 bits per heavy atom. The van der Waals surface area contributed by atoms with Crippen LogP contribution in [0.3, 0.4) is 0 Å². The number of aromatic hydroxyl groups is 1. The van der Waals surface area contributed by atoms with Crippen LogP contribution in [0.1, 0.15) is 24.2 Å². The minimum atomic E-state index is -0.367. The van der Waals surface area contributed by atoms with Crippen molar-refractivity contribution in [3.05, 3.63) is 41.3 Å². The molecule has 1 heterocycles. The van der Waals surface area contributed by atoms with Crippen LogP contribution in [0.5, 0.6) is 5.75 Å². The number of rotatable bonds is 3. The average Bonchev–Trinajstić information content (AvgIpc) is 2.61. The zero-order valence-corrected chi connectivity index (χ0v) is 10.6. The van der Waals surface area contributed by atoms with Crippen molar-refractivity contribution in [1.82, 2.24) is 9.78 Å². The Labute approximate surface area is 105 Å². The maximum absolute atomic E-state index is 13.2. The number of aryl methyl sites for hydroxylation is 2. The Balaban J connectivity index is 2.21. The van der Waals surface area contributed by atoms with Crippen molar-refractivity contribution >= 4 is 5.82 Å². The van der Waals surface area contributed by atoms with Gasteiger partial charge in [-0.1, -0.05) is 0 Å². The third-order valence-corrected chi connectivity index (χ3v) is 2.93. The van der Waals surface area contributed by atoms with Gasteiger partial charge in [0.05, 0.1) is 6.04 Å². The molecular weight excluding hydrogens is 233 g/mol. The lowest BCUT2D eigenvalue weighted by atomic mass is 10.1. The predicted molar refractivity (Wildman–Crippen MR) is 68.0 cm³/mol. The van der Waals surface area contributed by atoms with Crippen molar-refractivity contribution in [2.24, 2.45) is 7.05 Å². The second-order valence-corrected chi connectivity index (χ2v) is 4.36. The molecule has 1 aromatic carbocycles. The Bertz CT molecular complexity index is 546. The van der Waals surface area contributed by atoms with E-state index in [4.69, 9.17) is 0 Å². The van der Waals surface area contributed by atoms with Crippen LogP contribution < -0.4 is 5.32 Å². The van der Waals surface area contributed by atoms with Crippen LogP contribution in [0, 0.1) is 12.7 Å². The van der Waals surface area contributed by atoms with Gasteiger partial charge in [-0.3, -0.25) is 4.68 Å². The molecule has 2 rings (SSSR count). The van der Waals surface area contributed by atoms with E-state index >= 15 is 0 Å². The number of nitrogens with zero attached hydrogens (tertiary/aromatic N) is 2. The van der Waals surface area contributed by atoms with E-state index in [9.17, 15) is 9.50 Å². The van der Waals surface area contributed by atoms with Crippen molar-refractivity contribution in [3.8, 4) is 5.75 Å². The van der Waals surface area contributed by atoms with Gasteiger partial charge in [0.15, 0.2) is 0 Å². The van der Waals surface area contributed by atoms with E-state index in [1.807, 2.05) is 27.0 Å². The van der Waals surface area contributed by atoms with Gasteiger partial charge in [-0.05, 0) is 32.0 Å². The summed E-state index contributed by atoms with van der Waals surface area (Å²) < 4.78 is 14.9. The Morgan fingerprint density at radius 2 is 2.11 bits per heavy atom. The number of phenolic OH excluding ortho intramolecular Hbond substituents is 1. The first-order valence-corrected chi connectivity index (χ1v) is 5.73. The number of halogens is 1. The van der Waals surface area contributed by atoms with Crippen molar-refractivity contribution in [1.29, 1.82) is 0 Å².